The van der Waals surface area contributed by atoms with Crippen molar-refractivity contribution in [1.29, 1.82) is 0 Å². The molecule has 1 aromatic rings. The highest BCUT2D eigenvalue weighted by Gasteiger charge is 2.14. The van der Waals surface area contributed by atoms with E-state index in [0.717, 1.165) is 26.2 Å². The van der Waals surface area contributed by atoms with Gasteiger partial charge in [-0.25, -0.2) is 4.98 Å². The number of rotatable bonds is 5. The van der Waals surface area contributed by atoms with E-state index in [0.29, 0.717) is 5.92 Å². The van der Waals surface area contributed by atoms with Gasteiger partial charge in [-0.15, -0.1) is 0 Å². The van der Waals surface area contributed by atoms with Gasteiger partial charge in [0.05, 0.1) is 0 Å². The Morgan fingerprint density at radius 1 is 1.15 bits per heavy atom. The molecule has 112 valence electrons. The van der Waals surface area contributed by atoms with Crippen molar-refractivity contribution in [3.63, 3.8) is 0 Å². The van der Waals surface area contributed by atoms with Crippen LogP contribution < -0.4 is 10.2 Å². The first kappa shape index (κ1) is 15.3. The average molecular weight is 275 g/mol. The molecule has 3 heteroatoms. The van der Waals surface area contributed by atoms with Crippen molar-refractivity contribution >= 4 is 5.82 Å². The Morgan fingerprint density at radius 2 is 1.85 bits per heavy atom. The van der Waals surface area contributed by atoms with E-state index in [1.54, 1.807) is 0 Å². The standard InChI is InChI=1S/C17H29N3/c1-4-18-13-15-11-16(14(2)3)19-17(12-15)20-9-7-5-6-8-10-20/h11-12,14,18H,4-10,13H2,1-3H3. The SMILES string of the molecule is CCNCc1cc(C(C)C)nc(N2CCCCCC2)c1. The Balaban J connectivity index is 2.22. The van der Waals surface area contributed by atoms with Gasteiger partial charge in [-0.3, -0.25) is 0 Å². The van der Waals surface area contributed by atoms with Crippen LogP contribution >= 0.6 is 0 Å². The normalized spacial score (nSPS) is 16.5. The molecule has 1 saturated heterocycles. The third kappa shape index (κ3) is 4.20. The molecular formula is C17H29N3. The van der Waals surface area contributed by atoms with Crippen molar-refractivity contribution in [2.75, 3.05) is 24.5 Å². The van der Waals surface area contributed by atoms with E-state index in [4.69, 9.17) is 4.98 Å². The maximum atomic E-state index is 4.90. The number of nitrogens with one attached hydrogen (secondary N) is 1. The Bertz CT molecular complexity index is 407. The van der Waals surface area contributed by atoms with Gasteiger partial charge in [0.1, 0.15) is 5.82 Å². The summed E-state index contributed by atoms with van der Waals surface area (Å²) in [7, 11) is 0. The Kier molecular flexibility index (Phi) is 5.84. The fraction of sp³-hybridized carbons (Fsp3) is 0.706. The summed E-state index contributed by atoms with van der Waals surface area (Å²) in [6.07, 6.45) is 5.33. The van der Waals surface area contributed by atoms with Crippen LogP contribution in [0, 0.1) is 0 Å². The lowest BCUT2D eigenvalue weighted by Gasteiger charge is -2.23. The molecule has 2 heterocycles. The zero-order chi connectivity index (χ0) is 14.4. The fourth-order valence-corrected chi connectivity index (χ4v) is 2.72. The third-order valence-electron chi connectivity index (χ3n) is 3.99. The van der Waals surface area contributed by atoms with Crippen LogP contribution in [-0.4, -0.2) is 24.6 Å². The highest BCUT2D eigenvalue weighted by Crippen LogP contribution is 2.22. The first-order valence-electron chi connectivity index (χ1n) is 8.17. The van der Waals surface area contributed by atoms with Crippen molar-refractivity contribution in [3.05, 3.63) is 23.4 Å². The lowest BCUT2D eigenvalue weighted by atomic mass is 10.1. The molecular weight excluding hydrogens is 246 g/mol. The number of pyridine rings is 1. The van der Waals surface area contributed by atoms with E-state index in [-0.39, 0.29) is 0 Å². The number of anilines is 1. The Labute approximate surface area is 123 Å². The molecule has 0 atom stereocenters. The molecule has 0 aliphatic carbocycles. The van der Waals surface area contributed by atoms with Crippen LogP contribution in [0.4, 0.5) is 5.82 Å². The van der Waals surface area contributed by atoms with E-state index in [1.165, 1.54) is 42.8 Å². The largest absolute Gasteiger partial charge is 0.357 e. The zero-order valence-electron chi connectivity index (χ0n) is 13.3. The topological polar surface area (TPSA) is 28.2 Å². The Hall–Kier alpha value is -1.09. The molecule has 1 aliphatic heterocycles. The zero-order valence-corrected chi connectivity index (χ0v) is 13.3. The smallest absolute Gasteiger partial charge is 0.129 e. The number of nitrogens with zero attached hydrogens (tertiary/aromatic N) is 2. The van der Waals surface area contributed by atoms with Gasteiger partial charge in [0.25, 0.3) is 0 Å². The molecule has 3 nitrogen and oxygen atoms in total. The molecule has 0 unspecified atom stereocenters. The molecule has 1 aromatic heterocycles. The van der Waals surface area contributed by atoms with Crippen molar-refractivity contribution in [1.82, 2.24) is 10.3 Å². The number of hydrogen-bond acceptors (Lipinski definition) is 3. The number of hydrogen-bond donors (Lipinski definition) is 1. The van der Waals surface area contributed by atoms with Crippen molar-refractivity contribution in [3.8, 4) is 0 Å². The van der Waals surface area contributed by atoms with Gasteiger partial charge in [-0.2, -0.15) is 0 Å². The number of aromatic nitrogens is 1. The molecule has 2 rings (SSSR count). The predicted molar refractivity (Wildman–Crippen MR) is 86.4 cm³/mol. The van der Waals surface area contributed by atoms with Crippen molar-refractivity contribution < 1.29 is 0 Å². The van der Waals surface area contributed by atoms with Gasteiger partial charge in [-0.05, 0) is 43.0 Å². The van der Waals surface area contributed by atoms with Crippen molar-refractivity contribution in [2.24, 2.45) is 0 Å². The molecule has 1 N–H and O–H groups in total. The van der Waals surface area contributed by atoms with Gasteiger partial charge in [0.15, 0.2) is 0 Å². The summed E-state index contributed by atoms with van der Waals surface area (Å²) in [6.45, 7) is 10.9. The van der Waals surface area contributed by atoms with E-state index in [9.17, 15) is 0 Å². The highest BCUT2D eigenvalue weighted by molar-refractivity contribution is 5.43. The van der Waals surface area contributed by atoms with Gasteiger partial charge in [0.2, 0.25) is 0 Å². The average Bonchev–Trinajstić information content (AvgIpc) is 2.73. The summed E-state index contributed by atoms with van der Waals surface area (Å²) in [4.78, 5) is 7.38. The lowest BCUT2D eigenvalue weighted by molar-refractivity contribution is 0.714. The van der Waals surface area contributed by atoms with Crippen LogP contribution in [-0.2, 0) is 6.54 Å². The molecule has 0 radical (unpaired) electrons. The van der Waals surface area contributed by atoms with E-state index >= 15 is 0 Å². The van der Waals surface area contributed by atoms with Crippen LogP contribution in [0.1, 0.15) is 63.6 Å². The summed E-state index contributed by atoms with van der Waals surface area (Å²) < 4.78 is 0. The van der Waals surface area contributed by atoms with Crippen LogP contribution in [0.25, 0.3) is 0 Å². The molecule has 1 fully saturated rings. The molecule has 0 aromatic carbocycles. The maximum Gasteiger partial charge on any atom is 0.129 e. The molecule has 0 saturated carbocycles. The second-order valence-electron chi connectivity index (χ2n) is 6.09. The van der Waals surface area contributed by atoms with Crippen LogP contribution in [0.3, 0.4) is 0 Å². The molecule has 1 aliphatic rings. The summed E-state index contributed by atoms with van der Waals surface area (Å²) in [6, 6.07) is 4.54. The van der Waals surface area contributed by atoms with Crippen molar-refractivity contribution in [2.45, 2.75) is 58.9 Å². The van der Waals surface area contributed by atoms with E-state index in [1.807, 2.05) is 0 Å². The fourth-order valence-electron chi connectivity index (χ4n) is 2.72. The third-order valence-corrected chi connectivity index (χ3v) is 3.99. The van der Waals surface area contributed by atoms with Crippen LogP contribution in [0.15, 0.2) is 12.1 Å². The predicted octanol–water partition coefficient (Wildman–Crippen LogP) is 3.69. The summed E-state index contributed by atoms with van der Waals surface area (Å²) in [5.74, 6) is 1.67. The first-order valence-corrected chi connectivity index (χ1v) is 8.17. The molecule has 0 amide bonds. The second kappa shape index (κ2) is 7.63. The summed E-state index contributed by atoms with van der Waals surface area (Å²) >= 11 is 0. The quantitative estimate of drug-likeness (QED) is 0.888. The Morgan fingerprint density at radius 3 is 2.45 bits per heavy atom. The highest BCUT2D eigenvalue weighted by atomic mass is 15.2. The van der Waals surface area contributed by atoms with Gasteiger partial charge in [-0.1, -0.05) is 33.6 Å². The molecule has 20 heavy (non-hydrogen) atoms. The van der Waals surface area contributed by atoms with Gasteiger partial charge >= 0.3 is 0 Å². The van der Waals surface area contributed by atoms with Gasteiger partial charge in [0, 0.05) is 25.3 Å². The molecule has 0 bridgehead atoms. The summed E-state index contributed by atoms with van der Waals surface area (Å²) in [5, 5.41) is 3.43. The van der Waals surface area contributed by atoms with E-state index < -0.39 is 0 Å². The van der Waals surface area contributed by atoms with Crippen LogP contribution in [0.5, 0.6) is 0 Å². The van der Waals surface area contributed by atoms with Gasteiger partial charge < -0.3 is 10.2 Å². The van der Waals surface area contributed by atoms with Crippen LogP contribution in [0.2, 0.25) is 0 Å². The maximum absolute atomic E-state index is 4.90. The minimum absolute atomic E-state index is 0.488. The monoisotopic (exact) mass is 275 g/mol. The minimum Gasteiger partial charge on any atom is -0.357 e. The first-order chi connectivity index (χ1) is 9.70. The minimum atomic E-state index is 0.488. The van der Waals surface area contributed by atoms with E-state index in [2.05, 4.69) is 43.1 Å². The second-order valence-corrected chi connectivity index (χ2v) is 6.09. The summed E-state index contributed by atoms with van der Waals surface area (Å²) in [5.41, 5.74) is 2.59. The molecule has 0 spiro atoms. The lowest BCUT2D eigenvalue weighted by Crippen LogP contribution is -2.25.